The van der Waals surface area contributed by atoms with Gasteiger partial charge in [-0.15, -0.1) is 0 Å². The molecule has 1 aromatic heterocycles. The zero-order chi connectivity index (χ0) is 21.0. The van der Waals surface area contributed by atoms with Gasteiger partial charge in [-0.3, -0.25) is 4.79 Å². The summed E-state index contributed by atoms with van der Waals surface area (Å²) >= 11 is 0. The van der Waals surface area contributed by atoms with Crippen molar-refractivity contribution in [2.75, 3.05) is 36.4 Å². The maximum absolute atomic E-state index is 13.4. The average molecular weight is 412 g/mol. The third-order valence-electron chi connectivity index (χ3n) is 5.67. The van der Waals surface area contributed by atoms with Gasteiger partial charge in [0, 0.05) is 31.9 Å². The smallest absolute Gasteiger partial charge is 0.256 e. The Hall–Kier alpha value is -3.80. The topological polar surface area (TPSA) is 64.3 Å². The molecule has 0 spiro atoms. The summed E-state index contributed by atoms with van der Waals surface area (Å²) in [5, 5.41) is 3.38. The highest BCUT2D eigenvalue weighted by molar-refractivity contribution is 6.00. The number of hydrogen-bond donors (Lipinski definition) is 2. The van der Waals surface area contributed by atoms with Gasteiger partial charge < -0.3 is 20.1 Å². The number of nitrogens with one attached hydrogen (secondary N) is 2. The molecule has 0 radical (unpaired) electrons. The van der Waals surface area contributed by atoms with E-state index in [1.165, 1.54) is 0 Å². The van der Waals surface area contributed by atoms with E-state index < -0.39 is 0 Å². The number of carbonyl (C=O) groups is 1. The molecular weight excluding hydrogens is 386 g/mol. The summed E-state index contributed by atoms with van der Waals surface area (Å²) in [7, 11) is 0. The molecule has 6 nitrogen and oxygen atoms in total. The molecule has 2 N–H and O–H groups in total. The van der Waals surface area contributed by atoms with Crippen molar-refractivity contribution >= 4 is 34.3 Å². The van der Waals surface area contributed by atoms with Crippen molar-refractivity contribution in [3.05, 3.63) is 84.4 Å². The molecule has 1 saturated heterocycles. The quantitative estimate of drug-likeness (QED) is 0.513. The summed E-state index contributed by atoms with van der Waals surface area (Å²) in [6, 6.07) is 25.7. The van der Waals surface area contributed by atoms with Crippen molar-refractivity contribution in [1.82, 2.24) is 14.9 Å². The van der Waals surface area contributed by atoms with Crippen molar-refractivity contribution in [2.24, 2.45) is 0 Å². The van der Waals surface area contributed by atoms with Crippen LogP contribution < -0.4 is 10.2 Å². The van der Waals surface area contributed by atoms with Gasteiger partial charge in [-0.05, 0) is 42.8 Å². The fourth-order valence-electron chi connectivity index (χ4n) is 4.05. The van der Waals surface area contributed by atoms with E-state index in [4.69, 9.17) is 4.98 Å². The van der Waals surface area contributed by atoms with Crippen molar-refractivity contribution in [2.45, 2.75) is 6.42 Å². The number of anilines is 3. The Balaban J connectivity index is 1.32. The molecule has 6 heteroatoms. The van der Waals surface area contributed by atoms with E-state index in [2.05, 4.69) is 15.2 Å². The number of para-hydroxylation sites is 4. The maximum atomic E-state index is 13.4. The Morgan fingerprint density at radius 2 is 1.61 bits per heavy atom. The Kier molecular flexibility index (Phi) is 5.27. The van der Waals surface area contributed by atoms with Crippen LogP contribution in [0, 0.1) is 0 Å². The third kappa shape index (κ3) is 4.10. The number of nitrogens with zero attached hydrogens (tertiary/aromatic N) is 3. The minimum atomic E-state index is 0.0606. The molecule has 4 aromatic rings. The van der Waals surface area contributed by atoms with Crippen LogP contribution in [0.3, 0.4) is 0 Å². The molecule has 1 fully saturated rings. The predicted molar refractivity (Wildman–Crippen MR) is 125 cm³/mol. The van der Waals surface area contributed by atoms with Crippen molar-refractivity contribution in [3.8, 4) is 0 Å². The van der Waals surface area contributed by atoms with Crippen LogP contribution in [0.25, 0.3) is 11.0 Å². The summed E-state index contributed by atoms with van der Waals surface area (Å²) in [6.45, 7) is 3.01. The van der Waals surface area contributed by atoms with Gasteiger partial charge in [-0.1, -0.05) is 42.5 Å². The second-order valence-corrected chi connectivity index (χ2v) is 7.75. The van der Waals surface area contributed by atoms with E-state index in [1.807, 2.05) is 83.8 Å². The number of hydrogen-bond acceptors (Lipinski definition) is 4. The monoisotopic (exact) mass is 411 g/mol. The lowest BCUT2D eigenvalue weighted by molar-refractivity contribution is 0.0768. The van der Waals surface area contributed by atoms with E-state index in [0.717, 1.165) is 54.4 Å². The molecule has 31 heavy (non-hydrogen) atoms. The highest BCUT2D eigenvalue weighted by atomic mass is 16.2. The minimum Gasteiger partial charge on any atom is -0.355 e. The number of imidazole rings is 1. The van der Waals surface area contributed by atoms with Gasteiger partial charge >= 0.3 is 0 Å². The second kappa shape index (κ2) is 8.52. The summed E-state index contributed by atoms with van der Waals surface area (Å²) in [6.07, 6.45) is 0.900. The van der Waals surface area contributed by atoms with Crippen LogP contribution in [0.15, 0.2) is 78.9 Å². The summed E-state index contributed by atoms with van der Waals surface area (Å²) in [4.78, 5) is 25.7. The Morgan fingerprint density at radius 3 is 2.48 bits per heavy atom. The first kappa shape index (κ1) is 19.2. The molecule has 3 aromatic carbocycles. The normalized spacial score (nSPS) is 14.5. The van der Waals surface area contributed by atoms with Crippen molar-refractivity contribution < 1.29 is 4.79 Å². The van der Waals surface area contributed by atoms with Crippen LogP contribution in [0.5, 0.6) is 0 Å². The van der Waals surface area contributed by atoms with Crippen LogP contribution >= 0.6 is 0 Å². The van der Waals surface area contributed by atoms with Gasteiger partial charge in [0.2, 0.25) is 5.95 Å². The van der Waals surface area contributed by atoms with Crippen molar-refractivity contribution in [3.63, 3.8) is 0 Å². The molecule has 1 aliphatic heterocycles. The van der Waals surface area contributed by atoms with Crippen LogP contribution in [-0.4, -0.2) is 47.0 Å². The number of fused-ring (bicyclic) bond motifs is 1. The van der Waals surface area contributed by atoms with Gasteiger partial charge in [0.05, 0.1) is 22.3 Å². The fraction of sp³-hybridized carbons (Fsp3) is 0.200. The van der Waals surface area contributed by atoms with Crippen LogP contribution in [0.4, 0.5) is 17.3 Å². The SMILES string of the molecule is O=C(c1ccccc1Nc1ccccc1)N1CCCN(c2nc3ccccc3[nH]2)CC1. The maximum Gasteiger partial charge on any atom is 0.256 e. The third-order valence-corrected chi connectivity index (χ3v) is 5.67. The Morgan fingerprint density at radius 1 is 0.839 bits per heavy atom. The minimum absolute atomic E-state index is 0.0606. The van der Waals surface area contributed by atoms with Gasteiger partial charge in [-0.25, -0.2) is 4.98 Å². The Labute approximate surface area is 181 Å². The predicted octanol–water partition coefficient (Wildman–Crippen LogP) is 4.66. The highest BCUT2D eigenvalue weighted by Crippen LogP contribution is 2.24. The van der Waals surface area contributed by atoms with E-state index >= 15 is 0 Å². The summed E-state index contributed by atoms with van der Waals surface area (Å²) in [5.74, 6) is 0.937. The lowest BCUT2D eigenvalue weighted by Crippen LogP contribution is -2.35. The molecule has 0 unspecified atom stereocenters. The summed E-state index contributed by atoms with van der Waals surface area (Å²) < 4.78 is 0. The highest BCUT2D eigenvalue weighted by Gasteiger charge is 2.23. The molecule has 1 amide bonds. The largest absolute Gasteiger partial charge is 0.355 e. The van der Waals surface area contributed by atoms with Gasteiger partial charge in [0.15, 0.2) is 0 Å². The Bertz CT molecular complexity index is 1150. The van der Waals surface area contributed by atoms with Gasteiger partial charge in [0.1, 0.15) is 0 Å². The van der Waals surface area contributed by atoms with E-state index in [1.54, 1.807) is 0 Å². The number of benzene rings is 3. The first-order valence-corrected chi connectivity index (χ1v) is 10.7. The number of carbonyl (C=O) groups excluding carboxylic acids is 1. The van der Waals surface area contributed by atoms with Gasteiger partial charge in [0.25, 0.3) is 5.91 Å². The lowest BCUT2D eigenvalue weighted by Gasteiger charge is -2.23. The molecular formula is C25H25N5O. The first-order valence-electron chi connectivity index (χ1n) is 10.7. The first-order chi connectivity index (χ1) is 15.3. The molecule has 0 saturated carbocycles. The number of aromatic nitrogens is 2. The molecule has 0 atom stereocenters. The lowest BCUT2D eigenvalue weighted by atomic mass is 10.1. The molecule has 5 rings (SSSR count). The molecule has 2 heterocycles. The molecule has 1 aliphatic rings. The average Bonchev–Trinajstić information content (AvgIpc) is 3.09. The summed E-state index contributed by atoms with van der Waals surface area (Å²) in [5.41, 5.74) is 4.50. The number of rotatable bonds is 4. The zero-order valence-corrected chi connectivity index (χ0v) is 17.3. The van der Waals surface area contributed by atoms with Crippen molar-refractivity contribution in [1.29, 1.82) is 0 Å². The fourth-order valence-corrected chi connectivity index (χ4v) is 4.05. The number of amides is 1. The zero-order valence-electron chi connectivity index (χ0n) is 17.3. The van der Waals surface area contributed by atoms with Crippen LogP contribution in [0.1, 0.15) is 16.8 Å². The van der Waals surface area contributed by atoms with E-state index in [0.29, 0.717) is 12.1 Å². The number of H-pyrrole nitrogens is 1. The second-order valence-electron chi connectivity index (χ2n) is 7.75. The number of aromatic amines is 1. The van der Waals surface area contributed by atoms with Crippen LogP contribution in [-0.2, 0) is 0 Å². The van der Waals surface area contributed by atoms with E-state index in [9.17, 15) is 4.79 Å². The van der Waals surface area contributed by atoms with Crippen LogP contribution in [0.2, 0.25) is 0 Å². The molecule has 0 aliphatic carbocycles. The van der Waals surface area contributed by atoms with E-state index in [-0.39, 0.29) is 5.91 Å². The van der Waals surface area contributed by atoms with Gasteiger partial charge in [-0.2, -0.15) is 0 Å². The standard InChI is InChI=1S/C25H25N5O/c31-24(20-11-4-5-12-21(20)26-19-9-2-1-3-10-19)29-15-8-16-30(18-17-29)25-27-22-13-6-7-14-23(22)28-25/h1-7,9-14,26H,8,15-18H2,(H,27,28). The molecule has 156 valence electrons. The molecule has 0 bridgehead atoms.